The highest BCUT2D eigenvalue weighted by Crippen LogP contribution is 2.42. The third kappa shape index (κ3) is 5.68. The van der Waals surface area contributed by atoms with Gasteiger partial charge in [-0.15, -0.1) is 0 Å². The Morgan fingerprint density at radius 1 is 0.281 bits per heavy atom. The van der Waals surface area contributed by atoms with Crippen molar-refractivity contribution in [2.75, 3.05) is 0 Å². The van der Waals surface area contributed by atoms with E-state index < -0.39 is 0 Å². The van der Waals surface area contributed by atoms with E-state index in [0.717, 1.165) is 77.4 Å². The lowest BCUT2D eigenvalue weighted by Gasteiger charge is -2.18. The highest BCUT2D eigenvalue weighted by Gasteiger charge is 2.24. The minimum absolute atomic E-state index is 0.594. The van der Waals surface area contributed by atoms with Crippen molar-refractivity contribution in [2.45, 2.75) is 0 Å². The average molecular weight is 816 g/mol. The van der Waals surface area contributed by atoms with Crippen molar-refractivity contribution in [3.63, 3.8) is 0 Å². The lowest BCUT2D eigenvalue weighted by molar-refractivity contribution is 1.07. The van der Waals surface area contributed by atoms with Crippen molar-refractivity contribution < 1.29 is 0 Å². The maximum atomic E-state index is 5.57. The molecule has 0 unspecified atom stereocenters. The van der Waals surface area contributed by atoms with Crippen molar-refractivity contribution in [1.82, 2.24) is 24.1 Å². The number of benzene rings is 10. The summed E-state index contributed by atoms with van der Waals surface area (Å²) in [5.74, 6) is 1.80. The van der Waals surface area contributed by atoms with Crippen LogP contribution in [0.5, 0.6) is 0 Å². The molecule has 0 aliphatic rings. The molecule has 298 valence electrons. The van der Waals surface area contributed by atoms with Crippen LogP contribution in [0.25, 0.3) is 122 Å². The van der Waals surface area contributed by atoms with E-state index in [1.54, 1.807) is 0 Å². The van der Waals surface area contributed by atoms with Crippen LogP contribution in [-0.4, -0.2) is 24.1 Å². The van der Waals surface area contributed by atoms with Gasteiger partial charge in [0, 0.05) is 49.3 Å². The van der Waals surface area contributed by atoms with E-state index in [1.807, 2.05) is 6.07 Å². The Labute approximate surface area is 368 Å². The van der Waals surface area contributed by atoms with Crippen LogP contribution in [0.2, 0.25) is 0 Å². The van der Waals surface area contributed by atoms with Gasteiger partial charge in [0.25, 0.3) is 0 Å². The van der Waals surface area contributed by atoms with Gasteiger partial charge in [0.1, 0.15) is 0 Å². The number of aromatic nitrogens is 5. The molecule has 0 saturated carbocycles. The summed E-state index contributed by atoms with van der Waals surface area (Å²) in [6.07, 6.45) is 0. The molecule has 13 aromatic rings. The first kappa shape index (κ1) is 36.0. The summed E-state index contributed by atoms with van der Waals surface area (Å²) < 4.78 is 4.78. The maximum Gasteiger partial charge on any atom is 0.166 e. The van der Waals surface area contributed by atoms with Crippen LogP contribution in [0.3, 0.4) is 0 Å². The van der Waals surface area contributed by atoms with Gasteiger partial charge in [-0.25, -0.2) is 15.0 Å². The maximum absolute atomic E-state index is 5.57. The van der Waals surface area contributed by atoms with Gasteiger partial charge in [-0.1, -0.05) is 170 Å². The van der Waals surface area contributed by atoms with Gasteiger partial charge in [0.15, 0.2) is 17.5 Å². The highest BCUT2D eigenvalue weighted by atomic mass is 15.1. The Morgan fingerprint density at radius 2 is 0.828 bits per heavy atom. The van der Waals surface area contributed by atoms with Gasteiger partial charge in [-0.05, 0) is 81.9 Å². The summed E-state index contributed by atoms with van der Waals surface area (Å²) in [5.41, 5.74) is 11.5. The largest absolute Gasteiger partial charge is 0.309 e. The predicted octanol–water partition coefficient (Wildman–Crippen LogP) is 15.0. The van der Waals surface area contributed by atoms with Crippen LogP contribution in [0.4, 0.5) is 0 Å². The molecular formula is C59H37N5. The Bertz CT molecular complexity index is 3960. The van der Waals surface area contributed by atoms with Crippen LogP contribution in [0.1, 0.15) is 0 Å². The number of rotatable bonds is 6. The molecule has 0 aliphatic heterocycles. The van der Waals surface area contributed by atoms with Crippen LogP contribution in [0.15, 0.2) is 224 Å². The standard InChI is InChI=1S/C59H37N5/c1-3-17-38(18-4-1)40-22-15-23-43(35-40)57-60-58(49-30-16-29-48-46-27-11-13-31-52(46)63(56(48)49)44-24-5-2-6-25-44)62-59(61-57)50-34-33-39-19-9-10-26-45(39)55(50)64-53-32-14-12-28-47(53)51-36-41-20-7-8-21-42(41)37-54(51)64/h1-37H. The Balaban J connectivity index is 1.14. The van der Waals surface area contributed by atoms with Crippen LogP contribution in [-0.2, 0) is 0 Å². The number of hydrogen-bond acceptors (Lipinski definition) is 3. The molecule has 13 rings (SSSR count). The third-order valence-corrected chi connectivity index (χ3v) is 12.7. The Kier molecular flexibility index (Phi) is 8.15. The van der Waals surface area contributed by atoms with E-state index in [0.29, 0.717) is 17.5 Å². The second-order valence-electron chi connectivity index (χ2n) is 16.4. The van der Waals surface area contributed by atoms with Gasteiger partial charge in [-0.3, -0.25) is 0 Å². The number of hydrogen-bond donors (Lipinski definition) is 0. The van der Waals surface area contributed by atoms with Crippen LogP contribution < -0.4 is 0 Å². The zero-order chi connectivity index (χ0) is 42.1. The van der Waals surface area contributed by atoms with Crippen molar-refractivity contribution in [1.29, 1.82) is 0 Å². The minimum atomic E-state index is 0.594. The zero-order valence-electron chi connectivity index (χ0n) is 34.6. The van der Waals surface area contributed by atoms with Crippen LogP contribution in [0, 0.1) is 0 Å². The molecule has 10 aromatic carbocycles. The van der Waals surface area contributed by atoms with E-state index >= 15 is 0 Å². The molecule has 5 heteroatoms. The molecule has 0 amide bonds. The summed E-state index contributed by atoms with van der Waals surface area (Å²) in [6.45, 7) is 0. The summed E-state index contributed by atoms with van der Waals surface area (Å²) in [4.78, 5) is 16.5. The second-order valence-corrected chi connectivity index (χ2v) is 16.4. The molecule has 3 aromatic heterocycles. The first-order valence-electron chi connectivity index (χ1n) is 21.7. The molecule has 0 atom stereocenters. The molecule has 0 bridgehead atoms. The first-order valence-corrected chi connectivity index (χ1v) is 21.7. The smallest absolute Gasteiger partial charge is 0.166 e. The lowest BCUT2D eigenvalue weighted by atomic mass is 10.0. The molecule has 64 heavy (non-hydrogen) atoms. The third-order valence-electron chi connectivity index (χ3n) is 12.7. The molecule has 0 fully saturated rings. The highest BCUT2D eigenvalue weighted by molar-refractivity contribution is 6.16. The van der Waals surface area contributed by atoms with E-state index in [1.165, 1.54) is 26.9 Å². The quantitative estimate of drug-likeness (QED) is 0.168. The SMILES string of the molecule is c1ccc(-c2cccc(-c3nc(-c4ccc5ccccc5c4-n4c5ccccc5c5cc6ccccc6cc54)nc(-c4cccc5c6ccccc6n(-c6ccccc6)c45)n3)c2)cc1. The van der Waals surface area contributed by atoms with Crippen molar-refractivity contribution in [3.8, 4) is 56.7 Å². The Hall–Kier alpha value is -8.67. The van der Waals surface area contributed by atoms with E-state index in [4.69, 9.17) is 15.0 Å². The topological polar surface area (TPSA) is 48.5 Å². The number of nitrogens with zero attached hydrogens (tertiary/aromatic N) is 5. The van der Waals surface area contributed by atoms with E-state index in [2.05, 4.69) is 228 Å². The van der Waals surface area contributed by atoms with Gasteiger partial charge >= 0.3 is 0 Å². The molecule has 0 saturated heterocycles. The molecule has 3 heterocycles. The predicted molar refractivity (Wildman–Crippen MR) is 265 cm³/mol. The first-order chi connectivity index (χ1) is 31.7. The minimum Gasteiger partial charge on any atom is -0.309 e. The molecule has 0 radical (unpaired) electrons. The summed E-state index contributed by atoms with van der Waals surface area (Å²) in [5, 5.41) is 9.33. The van der Waals surface area contributed by atoms with Gasteiger partial charge in [0.05, 0.1) is 27.8 Å². The second kappa shape index (κ2) is 14.5. The Morgan fingerprint density at radius 3 is 1.61 bits per heavy atom. The number of para-hydroxylation sites is 4. The van der Waals surface area contributed by atoms with E-state index in [9.17, 15) is 0 Å². The van der Waals surface area contributed by atoms with Crippen LogP contribution >= 0.6 is 0 Å². The fraction of sp³-hybridized carbons (Fsp3) is 0. The monoisotopic (exact) mass is 815 g/mol. The van der Waals surface area contributed by atoms with Crippen molar-refractivity contribution in [3.05, 3.63) is 224 Å². The lowest BCUT2D eigenvalue weighted by Crippen LogP contribution is -2.05. The zero-order valence-corrected chi connectivity index (χ0v) is 34.6. The molecule has 5 nitrogen and oxygen atoms in total. The van der Waals surface area contributed by atoms with Gasteiger partial charge < -0.3 is 9.13 Å². The summed E-state index contributed by atoms with van der Waals surface area (Å²) in [6, 6.07) is 79.8. The number of fused-ring (bicyclic) bond motifs is 8. The molecule has 0 spiro atoms. The van der Waals surface area contributed by atoms with Crippen molar-refractivity contribution >= 4 is 65.2 Å². The molecule has 0 N–H and O–H groups in total. The van der Waals surface area contributed by atoms with E-state index in [-0.39, 0.29) is 0 Å². The normalized spacial score (nSPS) is 11.8. The average Bonchev–Trinajstić information content (AvgIpc) is 3.88. The fourth-order valence-electron chi connectivity index (χ4n) is 9.83. The van der Waals surface area contributed by atoms with Gasteiger partial charge in [0.2, 0.25) is 0 Å². The van der Waals surface area contributed by atoms with Crippen molar-refractivity contribution in [2.24, 2.45) is 0 Å². The van der Waals surface area contributed by atoms with Gasteiger partial charge in [-0.2, -0.15) is 0 Å². The summed E-state index contributed by atoms with van der Waals surface area (Å²) in [7, 11) is 0. The molecule has 0 aliphatic carbocycles. The molecular weight excluding hydrogens is 779 g/mol. The summed E-state index contributed by atoms with van der Waals surface area (Å²) >= 11 is 0. The fourth-order valence-corrected chi connectivity index (χ4v) is 9.83.